The van der Waals surface area contributed by atoms with Crippen LogP contribution < -0.4 is 16.0 Å². The third kappa shape index (κ3) is 3.62. The van der Waals surface area contributed by atoms with Crippen molar-refractivity contribution in [2.24, 2.45) is 0 Å². The van der Waals surface area contributed by atoms with Crippen LogP contribution in [0.5, 0.6) is 11.5 Å². The summed E-state index contributed by atoms with van der Waals surface area (Å²) in [5.74, 6) is 1.28. The van der Waals surface area contributed by atoms with Crippen LogP contribution in [0, 0.1) is 11.3 Å². The van der Waals surface area contributed by atoms with E-state index in [2.05, 4.69) is 10.1 Å². The highest BCUT2D eigenvalue weighted by Gasteiger charge is 2.25. The number of H-pyrrole nitrogens is 1. The molecule has 0 radical (unpaired) electrons. The summed E-state index contributed by atoms with van der Waals surface area (Å²) in [4.78, 5) is 30.2. The molecule has 4 aromatic rings. The zero-order chi connectivity index (χ0) is 22.4. The molecule has 0 unspecified atom stereocenters. The molecule has 8 nitrogen and oxygen atoms in total. The van der Waals surface area contributed by atoms with Crippen molar-refractivity contribution in [1.82, 2.24) is 19.7 Å². The monoisotopic (exact) mass is 465 g/mol. The van der Waals surface area contributed by atoms with Gasteiger partial charge in [0.05, 0.1) is 21.2 Å². The van der Waals surface area contributed by atoms with Crippen LogP contribution in [0.3, 0.4) is 0 Å². The van der Waals surface area contributed by atoms with Gasteiger partial charge in [-0.05, 0) is 60.7 Å². The Labute approximate surface area is 190 Å². The van der Waals surface area contributed by atoms with Gasteiger partial charge in [0.2, 0.25) is 5.69 Å². The van der Waals surface area contributed by atoms with E-state index in [0.29, 0.717) is 11.7 Å². The molecule has 5 rings (SSSR count). The van der Waals surface area contributed by atoms with Crippen LogP contribution in [-0.4, -0.2) is 19.7 Å². The predicted octanol–water partition coefficient (Wildman–Crippen LogP) is 4.32. The van der Waals surface area contributed by atoms with Crippen LogP contribution in [0.1, 0.15) is 30.0 Å². The molecule has 2 aromatic heterocycles. The van der Waals surface area contributed by atoms with E-state index >= 15 is 0 Å². The van der Waals surface area contributed by atoms with Crippen LogP contribution in [-0.2, 0) is 0 Å². The summed E-state index contributed by atoms with van der Waals surface area (Å²) in [6.07, 6.45) is 4.14. The molecule has 2 aromatic carbocycles. The molecule has 0 bridgehead atoms. The highest BCUT2D eigenvalue weighted by molar-refractivity contribution is 6.37. The number of halogens is 2. The van der Waals surface area contributed by atoms with Crippen molar-refractivity contribution in [3.8, 4) is 23.3 Å². The van der Waals surface area contributed by atoms with Crippen molar-refractivity contribution in [3.63, 3.8) is 0 Å². The third-order valence-corrected chi connectivity index (χ3v) is 5.71. The highest BCUT2D eigenvalue weighted by Crippen LogP contribution is 2.44. The Hall–Kier alpha value is -3.67. The summed E-state index contributed by atoms with van der Waals surface area (Å²) >= 11 is 12.8. The number of nitriles is 1. The second kappa shape index (κ2) is 7.79. The van der Waals surface area contributed by atoms with Gasteiger partial charge in [-0.1, -0.05) is 23.2 Å². The van der Waals surface area contributed by atoms with Crippen LogP contribution >= 0.6 is 23.2 Å². The van der Waals surface area contributed by atoms with Gasteiger partial charge in [-0.15, -0.1) is 5.10 Å². The van der Waals surface area contributed by atoms with Gasteiger partial charge < -0.3 is 4.74 Å². The summed E-state index contributed by atoms with van der Waals surface area (Å²) in [5.41, 5.74) is 0.125. The number of hydrogen-bond acceptors (Lipinski definition) is 6. The van der Waals surface area contributed by atoms with Crippen LogP contribution in [0.4, 0.5) is 0 Å². The maximum Gasteiger partial charge on any atom is 0.349 e. The first kappa shape index (κ1) is 20.2. The molecule has 0 amide bonds. The lowest BCUT2D eigenvalue weighted by molar-refractivity contribution is 0.483. The molecule has 0 atom stereocenters. The molecule has 1 N–H and O–H groups in total. The number of fused-ring (bicyclic) bond motifs is 1. The SMILES string of the molecule is N#Cc1nn(-c2cc(Cl)c(Oc3ccc4nccc(C5CC5)c4c3)c(Cl)c2)c(=O)[nH]c1=O. The molecule has 0 spiro atoms. The first-order chi connectivity index (χ1) is 15.4. The lowest BCUT2D eigenvalue weighted by Crippen LogP contribution is -2.33. The van der Waals surface area contributed by atoms with Crippen molar-refractivity contribution in [3.05, 3.63) is 84.7 Å². The fraction of sp³-hybridized carbons (Fsp3) is 0.136. The molecule has 0 saturated heterocycles. The molecule has 0 aliphatic heterocycles. The molecule has 2 heterocycles. The maximum atomic E-state index is 12.1. The van der Waals surface area contributed by atoms with Gasteiger partial charge in [-0.3, -0.25) is 14.8 Å². The summed E-state index contributed by atoms with van der Waals surface area (Å²) in [5, 5.41) is 14.0. The quantitative estimate of drug-likeness (QED) is 0.479. The molecule has 1 fully saturated rings. The maximum absolute atomic E-state index is 12.1. The number of aromatic amines is 1. The Balaban J connectivity index is 1.54. The van der Waals surface area contributed by atoms with E-state index in [1.54, 1.807) is 12.1 Å². The smallest absolute Gasteiger partial charge is 0.349 e. The molecule has 1 aliphatic rings. The number of pyridine rings is 1. The van der Waals surface area contributed by atoms with Crippen LogP contribution in [0.15, 0.2) is 52.2 Å². The van der Waals surface area contributed by atoms with Gasteiger partial charge in [-0.25, -0.2) is 4.79 Å². The first-order valence-electron chi connectivity index (χ1n) is 9.64. The number of ether oxygens (including phenoxy) is 1. The minimum Gasteiger partial charge on any atom is -0.454 e. The number of hydrogen-bond donors (Lipinski definition) is 1. The molecule has 1 aliphatic carbocycles. The molecule has 32 heavy (non-hydrogen) atoms. The van der Waals surface area contributed by atoms with Gasteiger partial charge in [0.15, 0.2) is 5.75 Å². The minimum atomic E-state index is -0.873. The number of nitrogens with one attached hydrogen (secondary N) is 1. The number of aromatic nitrogens is 4. The second-order valence-corrected chi connectivity index (χ2v) is 8.14. The van der Waals surface area contributed by atoms with Gasteiger partial charge in [0.1, 0.15) is 11.8 Å². The minimum absolute atomic E-state index is 0.125. The summed E-state index contributed by atoms with van der Waals surface area (Å²) in [6, 6.07) is 12.0. The van der Waals surface area contributed by atoms with Crippen molar-refractivity contribution >= 4 is 34.1 Å². The van der Waals surface area contributed by atoms with Crippen molar-refractivity contribution < 1.29 is 4.74 Å². The number of nitrogens with zero attached hydrogens (tertiary/aromatic N) is 4. The van der Waals surface area contributed by atoms with Gasteiger partial charge in [-0.2, -0.15) is 9.94 Å². The number of benzene rings is 2. The van der Waals surface area contributed by atoms with E-state index in [1.807, 2.05) is 29.4 Å². The summed E-state index contributed by atoms with van der Waals surface area (Å²) in [6.45, 7) is 0. The zero-order valence-electron chi connectivity index (χ0n) is 16.3. The Morgan fingerprint density at radius 3 is 2.56 bits per heavy atom. The normalized spacial score (nSPS) is 13.2. The van der Waals surface area contributed by atoms with Crippen molar-refractivity contribution in [1.29, 1.82) is 5.26 Å². The Morgan fingerprint density at radius 1 is 1.12 bits per heavy atom. The molecular formula is C22H13Cl2N5O3. The van der Waals surface area contributed by atoms with Crippen molar-refractivity contribution in [2.45, 2.75) is 18.8 Å². The average molecular weight is 466 g/mol. The average Bonchev–Trinajstić information content (AvgIpc) is 3.61. The van der Waals surface area contributed by atoms with Gasteiger partial charge in [0, 0.05) is 11.6 Å². The van der Waals surface area contributed by atoms with E-state index in [4.69, 9.17) is 33.2 Å². The Bertz CT molecular complexity index is 1530. The van der Waals surface area contributed by atoms with Gasteiger partial charge >= 0.3 is 5.69 Å². The summed E-state index contributed by atoms with van der Waals surface area (Å²) < 4.78 is 6.82. The summed E-state index contributed by atoms with van der Waals surface area (Å²) in [7, 11) is 0. The number of rotatable bonds is 4. The van der Waals surface area contributed by atoms with E-state index < -0.39 is 16.9 Å². The molecular weight excluding hydrogens is 453 g/mol. The zero-order valence-corrected chi connectivity index (χ0v) is 17.8. The fourth-order valence-corrected chi connectivity index (χ4v) is 4.05. The third-order valence-electron chi connectivity index (χ3n) is 5.15. The Kier molecular flexibility index (Phi) is 4.93. The van der Waals surface area contributed by atoms with E-state index in [-0.39, 0.29) is 21.5 Å². The lowest BCUT2D eigenvalue weighted by atomic mass is 10.1. The lowest BCUT2D eigenvalue weighted by Gasteiger charge is -2.13. The molecule has 1 saturated carbocycles. The van der Waals surface area contributed by atoms with E-state index in [9.17, 15) is 9.59 Å². The molecule has 158 valence electrons. The largest absolute Gasteiger partial charge is 0.454 e. The fourth-order valence-electron chi connectivity index (χ4n) is 3.49. The standard InChI is InChI=1S/C22H13Cl2N5O3/c23-16-7-12(29-22(31)27-21(30)19(10-25)28-29)8-17(24)20(16)32-13-3-4-18-15(9-13)14(5-6-26-18)11-1-2-11/h3-9,11H,1-2H2,(H,27,30,31). The predicted molar refractivity (Wildman–Crippen MR) is 119 cm³/mol. The second-order valence-electron chi connectivity index (χ2n) is 7.33. The van der Waals surface area contributed by atoms with Gasteiger partial charge in [0.25, 0.3) is 5.56 Å². The van der Waals surface area contributed by atoms with Crippen LogP contribution in [0.25, 0.3) is 16.6 Å². The topological polar surface area (TPSA) is 114 Å². The van der Waals surface area contributed by atoms with Crippen molar-refractivity contribution in [2.75, 3.05) is 0 Å². The highest BCUT2D eigenvalue weighted by atomic mass is 35.5. The van der Waals surface area contributed by atoms with Crippen LogP contribution in [0.2, 0.25) is 10.0 Å². The van der Waals surface area contributed by atoms with E-state index in [0.717, 1.165) is 28.4 Å². The molecule has 10 heteroatoms. The Morgan fingerprint density at radius 2 is 1.88 bits per heavy atom. The first-order valence-corrected chi connectivity index (χ1v) is 10.4. The van der Waals surface area contributed by atoms with E-state index in [1.165, 1.54) is 17.7 Å².